The Morgan fingerprint density at radius 3 is 2.88 bits per heavy atom. The average Bonchev–Trinajstić information content (AvgIpc) is 3.12. The molecule has 25 heavy (non-hydrogen) atoms. The van der Waals surface area contributed by atoms with Crippen LogP contribution in [0.1, 0.15) is 29.9 Å². The number of pyridine rings is 1. The molecule has 1 aliphatic heterocycles. The van der Waals surface area contributed by atoms with Gasteiger partial charge in [0.2, 0.25) is 5.88 Å². The van der Waals surface area contributed by atoms with Crippen LogP contribution in [0, 0.1) is 0 Å². The molecule has 1 aromatic carbocycles. The third-order valence-electron chi connectivity index (χ3n) is 4.67. The van der Waals surface area contributed by atoms with Gasteiger partial charge in [-0.15, -0.1) is 0 Å². The standard InChI is InChI=1S/C19H18N2O4/c1-19(2)9-25-16-11(19)6-7-12-14(16)13(15(21-12)18(22)23)10-5-4-8-20-17(10)24-3/h4-8,21H,9H2,1-3H3,(H,22,23). The fourth-order valence-electron chi connectivity index (χ4n) is 3.44. The SMILES string of the molecule is COc1ncccc1-c1c(C(=O)O)[nH]c2ccc3c(c12)OCC3(C)C. The van der Waals surface area contributed by atoms with Crippen LogP contribution >= 0.6 is 0 Å². The molecule has 0 bridgehead atoms. The molecule has 0 aliphatic carbocycles. The van der Waals surface area contributed by atoms with Gasteiger partial charge in [0.05, 0.1) is 24.6 Å². The number of aromatic nitrogens is 2. The number of H-pyrrole nitrogens is 1. The molecule has 0 amide bonds. The molecule has 6 nitrogen and oxygen atoms in total. The first-order valence-corrected chi connectivity index (χ1v) is 7.98. The third kappa shape index (κ3) is 2.17. The number of aromatic amines is 1. The number of fused-ring (bicyclic) bond motifs is 3. The van der Waals surface area contributed by atoms with Crippen LogP contribution in [-0.4, -0.2) is 34.8 Å². The highest BCUT2D eigenvalue weighted by Gasteiger charge is 2.35. The van der Waals surface area contributed by atoms with Crippen molar-refractivity contribution >= 4 is 16.9 Å². The maximum atomic E-state index is 11.9. The Labute approximate surface area is 144 Å². The molecule has 0 unspecified atom stereocenters. The largest absolute Gasteiger partial charge is 0.492 e. The van der Waals surface area contributed by atoms with E-state index < -0.39 is 5.97 Å². The molecule has 0 saturated heterocycles. The zero-order valence-corrected chi connectivity index (χ0v) is 14.2. The van der Waals surface area contributed by atoms with Crippen LogP contribution in [0.5, 0.6) is 11.6 Å². The summed E-state index contributed by atoms with van der Waals surface area (Å²) in [4.78, 5) is 19.1. The fourth-order valence-corrected chi connectivity index (χ4v) is 3.44. The second-order valence-electron chi connectivity index (χ2n) is 6.78. The number of nitrogens with one attached hydrogen (secondary N) is 1. The van der Waals surface area contributed by atoms with Crippen LogP contribution in [0.3, 0.4) is 0 Å². The minimum Gasteiger partial charge on any atom is -0.492 e. The van der Waals surface area contributed by atoms with E-state index in [9.17, 15) is 9.90 Å². The second-order valence-corrected chi connectivity index (χ2v) is 6.78. The number of nitrogens with zero attached hydrogens (tertiary/aromatic N) is 1. The first kappa shape index (κ1) is 15.5. The zero-order valence-electron chi connectivity index (χ0n) is 14.2. The van der Waals surface area contributed by atoms with E-state index in [1.165, 1.54) is 7.11 Å². The summed E-state index contributed by atoms with van der Waals surface area (Å²) in [5.41, 5.74) is 2.93. The van der Waals surface area contributed by atoms with Crippen LogP contribution in [0.4, 0.5) is 0 Å². The lowest BCUT2D eigenvalue weighted by molar-refractivity contribution is 0.0692. The van der Waals surface area contributed by atoms with Gasteiger partial charge in [-0.1, -0.05) is 19.9 Å². The summed E-state index contributed by atoms with van der Waals surface area (Å²) in [5, 5.41) is 10.5. The van der Waals surface area contributed by atoms with Gasteiger partial charge in [0, 0.05) is 28.3 Å². The van der Waals surface area contributed by atoms with Crippen molar-refractivity contribution in [2.45, 2.75) is 19.3 Å². The summed E-state index contributed by atoms with van der Waals surface area (Å²) in [6.07, 6.45) is 1.61. The summed E-state index contributed by atoms with van der Waals surface area (Å²) in [6, 6.07) is 7.47. The van der Waals surface area contributed by atoms with Crippen LogP contribution in [0.2, 0.25) is 0 Å². The van der Waals surface area contributed by atoms with Gasteiger partial charge in [0.25, 0.3) is 0 Å². The molecule has 1 aliphatic rings. The van der Waals surface area contributed by atoms with Gasteiger partial charge < -0.3 is 19.6 Å². The smallest absolute Gasteiger partial charge is 0.352 e. The molecule has 6 heteroatoms. The summed E-state index contributed by atoms with van der Waals surface area (Å²) < 4.78 is 11.3. The van der Waals surface area contributed by atoms with Crippen LogP contribution in [0.25, 0.3) is 22.0 Å². The Balaban J connectivity index is 2.14. The Bertz CT molecular complexity index is 1000. The first-order valence-electron chi connectivity index (χ1n) is 7.98. The maximum Gasteiger partial charge on any atom is 0.352 e. The lowest BCUT2D eigenvalue weighted by Crippen LogP contribution is -2.18. The van der Waals surface area contributed by atoms with Crippen molar-refractivity contribution in [3.63, 3.8) is 0 Å². The highest BCUT2D eigenvalue weighted by atomic mass is 16.5. The second kappa shape index (κ2) is 5.24. The molecule has 3 aromatic rings. The number of methoxy groups -OCH3 is 1. The van der Waals surface area contributed by atoms with Crippen molar-refractivity contribution in [1.82, 2.24) is 9.97 Å². The zero-order chi connectivity index (χ0) is 17.8. The quantitative estimate of drug-likeness (QED) is 0.762. The minimum absolute atomic E-state index is 0.100. The predicted octanol–water partition coefficient (Wildman–Crippen LogP) is 3.61. The maximum absolute atomic E-state index is 11.9. The molecule has 0 fully saturated rings. The van der Waals surface area contributed by atoms with Crippen molar-refractivity contribution in [2.75, 3.05) is 13.7 Å². The topological polar surface area (TPSA) is 84.4 Å². The van der Waals surface area contributed by atoms with E-state index in [0.717, 1.165) is 22.2 Å². The summed E-state index contributed by atoms with van der Waals surface area (Å²) in [7, 11) is 1.52. The first-order chi connectivity index (χ1) is 11.9. The number of rotatable bonds is 3. The van der Waals surface area contributed by atoms with Crippen molar-refractivity contribution in [1.29, 1.82) is 0 Å². The van der Waals surface area contributed by atoms with Crippen LogP contribution in [-0.2, 0) is 5.41 Å². The van der Waals surface area contributed by atoms with Gasteiger partial charge in [-0.05, 0) is 18.2 Å². The molecule has 2 aromatic heterocycles. The number of aromatic carboxylic acids is 1. The molecule has 0 atom stereocenters. The van der Waals surface area contributed by atoms with Gasteiger partial charge in [0.15, 0.2) is 0 Å². The third-order valence-corrected chi connectivity index (χ3v) is 4.67. The van der Waals surface area contributed by atoms with E-state index >= 15 is 0 Å². The number of benzene rings is 1. The van der Waals surface area contributed by atoms with Gasteiger partial charge >= 0.3 is 5.97 Å². The van der Waals surface area contributed by atoms with Crippen molar-refractivity contribution in [2.24, 2.45) is 0 Å². The lowest BCUT2D eigenvalue weighted by atomic mass is 9.86. The molecule has 128 valence electrons. The van der Waals surface area contributed by atoms with E-state index in [-0.39, 0.29) is 11.1 Å². The van der Waals surface area contributed by atoms with Gasteiger partial charge in [-0.25, -0.2) is 9.78 Å². The van der Waals surface area contributed by atoms with E-state index in [1.54, 1.807) is 18.3 Å². The number of carboxylic acids is 1. The molecule has 2 N–H and O–H groups in total. The molecular weight excluding hydrogens is 320 g/mol. The lowest BCUT2D eigenvalue weighted by Gasteiger charge is -2.14. The van der Waals surface area contributed by atoms with Crippen LogP contribution in [0.15, 0.2) is 30.5 Å². The number of carbonyl (C=O) groups is 1. The Morgan fingerprint density at radius 2 is 2.16 bits per heavy atom. The summed E-state index contributed by atoms with van der Waals surface area (Å²) in [5.74, 6) is 0.0658. The highest BCUT2D eigenvalue weighted by molar-refractivity contribution is 6.11. The number of carboxylic acid groups (broad SMARTS) is 1. The average molecular weight is 338 g/mol. The number of hydrogen-bond acceptors (Lipinski definition) is 4. The Morgan fingerprint density at radius 1 is 1.36 bits per heavy atom. The van der Waals surface area contributed by atoms with E-state index in [0.29, 0.717) is 23.6 Å². The van der Waals surface area contributed by atoms with Crippen molar-refractivity contribution < 1.29 is 19.4 Å². The number of ether oxygens (including phenoxy) is 2. The Kier molecular flexibility index (Phi) is 3.25. The summed E-state index contributed by atoms with van der Waals surface area (Å²) in [6.45, 7) is 4.78. The van der Waals surface area contributed by atoms with E-state index in [1.807, 2.05) is 12.1 Å². The number of hydrogen-bond donors (Lipinski definition) is 2. The van der Waals surface area contributed by atoms with Gasteiger partial charge in [0.1, 0.15) is 11.4 Å². The normalized spacial score (nSPS) is 15.0. The molecule has 0 spiro atoms. The molecule has 3 heterocycles. The molecule has 0 saturated carbocycles. The van der Waals surface area contributed by atoms with Crippen LogP contribution < -0.4 is 9.47 Å². The monoisotopic (exact) mass is 338 g/mol. The molecule has 4 rings (SSSR count). The Hall–Kier alpha value is -3.02. The van der Waals surface area contributed by atoms with Crippen molar-refractivity contribution in [3.8, 4) is 22.8 Å². The van der Waals surface area contributed by atoms with E-state index in [2.05, 4.69) is 23.8 Å². The van der Waals surface area contributed by atoms with E-state index in [4.69, 9.17) is 9.47 Å². The molecular formula is C19H18N2O4. The highest BCUT2D eigenvalue weighted by Crippen LogP contribution is 2.48. The minimum atomic E-state index is -1.04. The fraction of sp³-hybridized carbons (Fsp3) is 0.263. The van der Waals surface area contributed by atoms with Gasteiger partial charge in [-0.2, -0.15) is 0 Å². The molecule has 0 radical (unpaired) electrons. The van der Waals surface area contributed by atoms with Gasteiger partial charge in [-0.3, -0.25) is 0 Å². The summed E-state index contributed by atoms with van der Waals surface area (Å²) >= 11 is 0. The van der Waals surface area contributed by atoms with Crippen molar-refractivity contribution in [3.05, 3.63) is 41.7 Å². The predicted molar refractivity (Wildman–Crippen MR) is 93.6 cm³/mol.